The Bertz CT molecular complexity index is 641. The molecular weight excluding hydrogens is 312 g/mol. The van der Waals surface area contributed by atoms with Crippen LogP contribution in [0.25, 0.3) is 0 Å². The summed E-state index contributed by atoms with van der Waals surface area (Å²) in [6.45, 7) is 4.88. The minimum atomic E-state index is -3.55. The number of carbonyl (C=O) groups is 1. The number of primary sulfonamides is 1. The molecule has 1 amide bonds. The Hall–Kier alpha value is -1.40. The zero-order valence-electron chi connectivity index (χ0n) is 13.9. The maximum Gasteiger partial charge on any atom is 0.222 e. The molecule has 0 unspecified atom stereocenters. The molecule has 2 rings (SSSR count). The maximum absolute atomic E-state index is 12.5. The van der Waals surface area contributed by atoms with Gasteiger partial charge < -0.3 is 4.90 Å². The van der Waals surface area contributed by atoms with Gasteiger partial charge in [0, 0.05) is 19.0 Å². The molecule has 128 valence electrons. The monoisotopic (exact) mass is 338 g/mol. The van der Waals surface area contributed by atoms with E-state index in [-0.39, 0.29) is 23.1 Å². The number of hydrogen-bond acceptors (Lipinski definition) is 3. The molecule has 2 N–H and O–H groups in total. The van der Waals surface area contributed by atoms with Crippen molar-refractivity contribution >= 4 is 15.9 Å². The molecule has 5 nitrogen and oxygen atoms in total. The predicted molar refractivity (Wildman–Crippen MR) is 91.4 cm³/mol. The molecule has 1 heterocycles. The number of nitrogens with two attached hydrogens (primary N) is 1. The minimum Gasteiger partial charge on any atom is -0.339 e. The second-order valence-electron chi connectivity index (χ2n) is 6.96. The first-order chi connectivity index (χ1) is 10.7. The van der Waals surface area contributed by atoms with E-state index in [9.17, 15) is 13.2 Å². The Kier molecular flexibility index (Phi) is 5.47. The van der Waals surface area contributed by atoms with Crippen LogP contribution in [0.15, 0.2) is 30.3 Å². The molecule has 1 atom stereocenters. The van der Waals surface area contributed by atoms with Crippen LogP contribution in [0.3, 0.4) is 0 Å². The summed E-state index contributed by atoms with van der Waals surface area (Å²) in [6.07, 6.45) is 2.70. The highest BCUT2D eigenvalue weighted by molar-refractivity contribution is 7.89. The van der Waals surface area contributed by atoms with E-state index in [1.54, 1.807) is 4.90 Å². The summed E-state index contributed by atoms with van der Waals surface area (Å²) in [6, 6.07) is 9.86. The van der Waals surface area contributed by atoms with E-state index >= 15 is 0 Å². The summed E-state index contributed by atoms with van der Waals surface area (Å²) in [5.41, 5.74) is 1.11. The first-order valence-corrected chi connectivity index (χ1v) is 9.76. The Labute approximate surface area is 138 Å². The normalized spacial score (nSPS) is 19.1. The number of sulfonamides is 1. The van der Waals surface area contributed by atoms with Crippen molar-refractivity contribution in [2.24, 2.45) is 5.14 Å². The van der Waals surface area contributed by atoms with Gasteiger partial charge in [-0.1, -0.05) is 44.2 Å². The summed E-state index contributed by atoms with van der Waals surface area (Å²) >= 11 is 0. The van der Waals surface area contributed by atoms with Gasteiger partial charge in [-0.25, -0.2) is 13.6 Å². The molecule has 1 aliphatic rings. The molecule has 0 bridgehead atoms. The van der Waals surface area contributed by atoms with Gasteiger partial charge in [-0.05, 0) is 30.2 Å². The summed E-state index contributed by atoms with van der Waals surface area (Å²) < 4.78 is 22.6. The van der Waals surface area contributed by atoms with Crippen LogP contribution in [-0.2, 0) is 20.2 Å². The van der Waals surface area contributed by atoms with Gasteiger partial charge in [0.2, 0.25) is 15.9 Å². The SMILES string of the molecule is CC(C)(CCC(=O)N1CCC[C@@H]1CS(N)(=O)=O)c1ccccc1. The topological polar surface area (TPSA) is 80.5 Å². The van der Waals surface area contributed by atoms with E-state index < -0.39 is 10.0 Å². The third-order valence-electron chi connectivity index (χ3n) is 4.64. The van der Waals surface area contributed by atoms with Crippen molar-refractivity contribution in [2.75, 3.05) is 12.3 Å². The fourth-order valence-electron chi connectivity index (χ4n) is 3.20. The molecule has 1 saturated heterocycles. The highest BCUT2D eigenvalue weighted by atomic mass is 32.2. The number of carbonyl (C=O) groups excluding carboxylic acids is 1. The average molecular weight is 338 g/mol. The van der Waals surface area contributed by atoms with Crippen LogP contribution in [0.2, 0.25) is 0 Å². The lowest BCUT2D eigenvalue weighted by Crippen LogP contribution is -2.41. The van der Waals surface area contributed by atoms with Crippen LogP contribution >= 0.6 is 0 Å². The Morgan fingerprint density at radius 3 is 2.57 bits per heavy atom. The standard InChI is InChI=1S/C17H26N2O3S/c1-17(2,14-7-4-3-5-8-14)11-10-16(20)19-12-6-9-15(19)13-23(18,21)22/h3-5,7-8,15H,6,9-13H2,1-2H3,(H2,18,21,22)/t15-/m1/s1. The second kappa shape index (κ2) is 7.01. The number of likely N-dealkylation sites (tertiary alicyclic amines) is 1. The number of benzene rings is 1. The molecule has 0 spiro atoms. The Morgan fingerprint density at radius 1 is 1.30 bits per heavy atom. The quantitative estimate of drug-likeness (QED) is 0.862. The number of hydrogen-bond donors (Lipinski definition) is 1. The van der Waals surface area contributed by atoms with Gasteiger partial charge in [0.15, 0.2) is 0 Å². The van der Waals surface area contributed by atoms with Crippen LogP contribution < -0.4 is 5.14 Å². The fourth-order valence-corrected chi connectivity index (χ4v) is 4.09. The van der Waals surface area contributed by atoms with E-state index in [0.29, 0.717) is 19.4 Å². The van der Waals surface area contributed by atoms with E-state index in [2.05, 4.69) is 26.0 Å². The van der Waals surface area contributed by atoms with E-state index in [0.717, 1.165) is 12.8 Å². The second-order valence-corrected chi connectivity index (χ2v) is 8.62. The molecule has 1 aliphatic heterocycles. The summed E-state index contributed by atoms with van der Waals surface area (Å²) in [5.74, 6) is -0.110. The molecule has 23 heavy (non-hydrogen) atoms. The molecule has 0 radical (unpaired) electrons. The molecule has 1 aromatic carbocycles. The van der Waals surface area contributed by atoms with Crippen molar-refractivity contribution in [3.63, 3.8) is 0 Å². The zero-order valence-corrected chi connectivity index (χ0v) is 14.7. The van der Waals surface area contributed by atoms with Gasteiger partial charge in [0.1, 0.15) is 0 Å². The van der Waals surface area contributed by atoms with Crippen molar-refractivity contribution in [1.82, 2.24) is 4.90 Å². The summed E-state index contributed by atoms with van der Waals surface area (Å²) in [7, 11) is -3.55. The van der Waals surface area contributed by atoms with Crippen molar-refractivity contribution in [1.29, 1.82) is 0 Å². The summed E-state index contributed by atoms with van der Waals surface area (Å²) in [5, 5.41) is 5.13. The lowest BCUT2D eigenvalue weighted by atomic mass is 9.80. The Morgan fingerprint density at radius 2 is 1.96 bits per heavy atom. The van der Waals surface area contributed by atoms with Gasteiger partial charge in [-0.2, -0.15) is 0 Å². The van der Waals surface area contributed by atoms with Gasteiger partial charge in [-0.15, -0.1) is 0 Å². The molecule has 1 aromatic rings. The van der Waals surface area contributed by atoms with Crippen molar-refractivity contribution in [2.45, 2.75) is 51.0 Å². The first-order valence-electron chi connectivity index (χ1n) is 8.04. The molecular formula is C17H26N2O3S. The van der Waals surface area contributed by atoms with Crippen molar-refractivity contribution in [3.05, 3.63) is 35.9 Å². The number of nitrogens with zero attached hydrogens (tertiary/aromatic N) is 1. The number of amides is 1. The molecule has 6 heteroatoms. The van der Waals surface area contributed by atoms with Crippen LogP contribution in [-0.4, -0.2) is 37.6 Å². The van der Waals surface area contributed by atoms with Gasteiger partial charge in [-0.3, -0.25) is 4.79 Å². The lowest BCUT2D eigenvalue weighted by Gasteiger charge is -2.28. The fraction of sp³-hybridized carbons (Fsp3) is 0.588. The van der Waals surface area contributed by atoms with Crippen LogP contribution in [0, 0.1) is 0 Å². The average Bonchev–Trinajstić information content (AvgIpc) is 2.92. The molecule has 0 aromatic heterocycles. The van der Waals surface area contributed by atoms with E-state index in [1.807, 2.05) is 18.2 Å². The van der Waals surface area contributed by atoms with Gasteiger partial charge >= 0.3 is 0 Å². The van der Waals surface area contributed by atoms with Gasteiger partial charge in [0.05, 0.1) is 5.75 Å². The van der Waals surface area contributed by atoms with Crippen LogP contribution in [0.5, 0.6) is 0 Å². The van der Waals surface area contributed by atoms with Gasteiger partial charge in [0.25, 0.3) is 0 Å². The van der Waals surface area contributed by atoms with Crippen LogP contribution in [0.1, 0.15) is 45.1 Å². The smallest absolute Gasteiger partial charge is 0.222 e. The van der Waals surface area contributed by atoms with E-state index in [4.69, 9.17) is 5.14 Å². The highest BCUT2D eigenvalue weighted by Gasteiger charge is 2.32. The summed E-state index contributed by atoms with van der Waals surface area (Å²) in [4.78, 5) is 14.2. The molecule has 1 fully saturated rings. The first kappa shape index (κ1) is 17.9. The minimum absolute atomic E-state index is 0.0279. The lowest BCUT2D eigenvalue weighted by molar-refractivity contribution is -0.132. The number of rotatable bonds is 6. The predicted octanol–water partition coefficient (Wildman–Crippen LogP) is 2.02. The van der Waals surface area contributed by atoms with E-state index in [1.165, 1.54) is 5.56 Å². The molecule has 0 saturated carbocycles. The third kappa shape index (κ3) is 5.04. The van der Waals surface area contributed by atoms with Crippen LogP contribution in [0.4, 0.5) is 0 Å². The van der Waals surface area contributed by atoms with Crippen molar-refractivity contribution in [3.8, 4) is 0 Å². The van der Waals surface area contributed by atoms with Crippen molar-refractivity contribution < 1.29 is 13.2 Å². The molecule has 0 aliphatic carbocycles. The largest absolute Gasteiger partial charge is 0.339 e. The Balaban J connectivity index is 1.96. The zero-order chi connectivity index (χ0) is 17.1. The maximum atomic E-state index is 12.5. The highest BCUT2D eigenvalue weighted by Crippen LogP contribution is 2.29. The third-order valence-corrected chi connectivity index (χ3v) is 5.49.